The molecule has 7 heteroatoms. The van der Waals surface area contributed by atoms with Crippen LogP contribution in [-0.4, -0.2) is 68.1 Å². The molecule has 7 nitrogen and oxygen atoms in total. The van der Waals surface area contributed by atoms with E-state index in [0.717, 1.165) is 24.3 Å². The summed E-state index contributed by atoms with van der Waals surface area (Å²) in [7, 11) is 3.21. The highest BCUT2D eigenvalue weighted by Crippen LogP contribution is 2.32. The molecule has 1 atom stereocenters. The number of hydrogen-bond acceptors (Lipinski definition) is 5. The second-order valence-corrected chi connectivity index (χ2v) is 8.74. The minimum absolute atomic E-state index is 0.0211. The smallest absolute Gasteiger partial charge is 0.257 e. The van der Waals surface area contributed by atoms with E-state index < -0.39 is 0 Å². The molecule has 2 fully saturated rings. The fourth-order valence-electron chi connectivity index (χ4n) is 5.04. The summed E-state index contributed by atoms with van der Waals surface area (Å²) in [6.07, 6.45) is 4.48. The lowest BCUT2D eigenvalue weighted by Gasteiger charge is -2.40. The van der Waals surface area contributed by atoms with Gasteiger partial charge in [-0.05, 0) is 55.2 Å². The highest BCUT2D eigenvalue weighted by Gasteiger charge is 2.37. The topological polar surface area (TPSA) is 71.1 Å². The molecular weight excluding hydrogens is 418 g/mol. The van der Waals surface area contributed by atoms with Crippen LogP contribution in [-0.2, 0) is 4.79 Å². The SMILES string of the molecule is COc1ccc(NC(=O)C(C2CCCC2)N2CCN(C(=O)c3ccccc3OC)CC2)cc1. The van der Waals surface area contributed by atoms with E-state index >= 15 is 0 Å². The zero-order chi connectivity index (χ0) is 23.2. The summed E-state index contributed by atoms with van der Waals surface area (Å²) >= 11 is 0. The number of methoxy groups -OCH3 is 2. The zero-order valence-electron chi connectivity index (χ0n) is 19.5. The van der Waals surface area contributed by atoms with E-state index in [-0.39, 0.29) is 17.9 Å². The van der Waals surface area contributed by atoms with E-state index in [9.17, 15) is 9.59 Å². The van der Waals surface area contributed by atoms with Gasteiger partial charge >= 0.3 is 0 Å². The first-order valence-corrected chi connectivity index (χ1v) is 11.7. The number of nitrogens with one attached hydrogen (secondary N) is 1. The van der Waals surface area contributed by atoms with Crippen molar-refractivity contribution >= 4 is 17.5 Å². The van der Waals surface area contributed by atoms with Gasteiger partial charge in [0.2, 0.25) is 5.91 Å². The zero-order valence-corrected chi connectivity index (χ0v) is 19.5. The number of nitrogens with zero attached hydrogens (tertiary/aromatic N) is 2. The standard InChI is InChI=1S/C26H33N3O4/c1-32-21-13-11-20(12-14-21)27-25(30)24(19-7-3-4-8-19)28-15-17-29(18-16-28)26(31)22-9-5-6-10-23(22)33-2/h5-6,9-14,19,24H,3-4,7-8,15-18H2,1-2H3,(H,27,30). The van der Waals surface area contributed by atoms with E-state index in [4.69, 9.17) is 9.47 Å². The number of hydrogen-bond donors (Lipinski definition) is 1. The van der Waals surface area contributed by atoms with Crippen molar-refractivity contribution in [2.75, 3.05) is 45.7 Å². The predicted molar refractivity (Wildman–Crippen MR) is 128 cm³/mol. The van der Waals surface area contributed by atoms with Gasteiger partial charge in [-0.3, -0.25) is 14.5 Å². The molecule has 2 aromatic carbocycles. The van der Waals surface area contributed by atoms with Gasteiger partial charge in [0.05, 0.1) is 25.8 Å². The van der Waals surface area contributed by atoms with Gasteiger partial charge in [0, 0.05) is 31.9 Å². The van der Waals surface area contributed by atoms with Crippen LogP contribution in [0.5, 0.6) is 11.5 Å². The Morgan fingerprint density at radius 3 is 2.21 bits per heavy atom. The molecule has 33 heavy (non-hydrogen) atoms. The maximum Gasteiger partial charge on any atom is 0.257 e. The third-order valence-electron chi connectivity index (χ3n) is 6.80. The minimum atomic E-state index is -0.182. The largest absolute Gasteiger partial charge is 0.497 e. The highest BCUT2D eigenvalue weighted by atomic mass is 16.5. The third kappa shape index (κ3) is 5.30. The van der Waals surface area contributed by atoms with Crippen LogP contribution in [0.3, 0.4) is 0 Å². The highest BCUT2D eigenvalue weighted by molar-refractivity contribution is 5.97. The van der Waals surface area contributed by atoms with Gasteiger partial charge in [-0.15, -0.1) is 0 Å². The molecule has 1 unspecified atom stereocenters. The van der Waals surface area contributed by atoms with E-state index in [0.29, 0.717) is 43.4 Å². The molecule has 4 rings (SSSR count). The molecule has 0 aromatic heterocycles. The number of para-hydroxylation sites is 1. The number of carbonyl (C=O) groups excluding carboxylic acids is 2. The van der Waals surface area contributed by atoms with E-state index in [1.807, 2.05) is 47.4 Å². The molecular formula is C26H33N3O4. The maximum absolute atomic E-state index is 13.4. The second kappa shape index (κ2) is 10.7. The minimum Gasteiger partial charge on any atom is -0.497 e. The summed E-state index contributed by atoms with van der Waals surface area (Å²) in [5, 5.41) is 3.11. The van der Waals surface area contributed by atoms with Crippen molar-refractivity contribution in [3.8, 4) is 11.5 Å². The number of benzene rings is 2. The number of amides is 2. The van der Waals surface area contributed by atoms with Gasteiger partial charge in [0.15, 0.2) is 0 Å². The number of carbonyl (C=O) groups is 2. The van der Waals surface area contributed by atoms with Crippen LogP contribution < -0.4 is 14.8 Å². The van der Waals surface area contributed by atoms with Crippen molar-refractivity contribution in [1.29, 1.82) is 0 Å². The van der Waals surface area contributed by atoms with Gasteiger partial charge in [-0.2, -0.15) is 0 Å². The molecule has 2 amide bonds. The van der Waals surface area contributed by atoms with E-state index in [2.05, 4.69) is 10.2 Å². The molecule has 176 valence electrons. The Hall–Kier alpha value is -3.06. The molecule has 1 aliphatic heterocycles. The Morgan fingerprint density at radius 1 is 0.909 bits per heavy atom. The molecule has 2 aromatic rings. The fourth-order valence-corrected chi connectivity index (χ4v) is 5.04. The first-order valence-electron chi connectivity index (χ1n) is 11.7. The number of rotatable bonds is 7. The van der Waals surface area contributed by atoms with Gasteiger partial charge in [0.25, 0.3) is 5.91 Å². The van der Waals surface area contributed by atoms with Crippen LogP contribution in [0.1, 0.15) is 36.0 Å². The maximum atomic E-state index is 13.4. The van der Waals surface area contributed by atoms with Crippen molar-refractivity contribution in [2.24, 2.45) is 5.92 Å². The molecule has 0 spiro atoms. The summed E-state index contributed by atoms with van der Waals surface area (Å²) in [4.78, 5) is 30.6. The van der Waals surface area contributed by atoms with E-state index in [1.165, 1.54) is 12.8 Å². The molecule has 1 heterocycles. The summed E-state index contributed by atoms with van der Waals surface area (Å²) in [6.45, 7) is 2.54. The lowest BCUT2D eigenvalue weighted by Crippen LogP contribution is -2.56. The Bertz CT molecular complexity index is 948. The average Bonchev–Trinajstić information content (AvgIpc) is 3.39. The quantitative estimate of drug-likeness (QED) is 0.696. The van der Waals surface area contributed by atoms with Crippen LogP contribution in [0, 0.1) is 5.92 Å². The lowest BCUT2D eigenvalue weighted by molar-refractivity contribution is -0.123. The Labute approximate surface area is 195 Å². The van der Waals surface area contributed by atoms with Crippen LogP contribution in [0.25, 0.3) is 0 Å². The third-order valence-corrected chi connectivity index (χ3v) is 6.80. The summed E-state index contributed by atoms with van der Waals surface area (Å²) in [6, 6.07) is 14.6. The van der Waals surface area contributed by atoms with Crippen molar-refractivity contribution in [2.45, 2.75) is 31.7 Å². The summed E-state index contributed by atoms with van der Waals surface area (Å²) < 4.78 is 10.6. The van der Waals surface area contributed by atoms with Gasteiger partial charge in [-0.1, -0.05) is 25.0 Å². The van der Waals surface area contributed by atoms with Crippen molar-refractivity contribution < 1.29 is 19.1 Å². The first-order chi connectivity index (χ1) is 16.1. The fraction of sp³-hybridized carbons (Fsp3) is 0.462. The van der Waals surface area contributed by atoms with Crippen LogP contribution in [0.2, 0.25) is 0 Å². The number of anilines is 1. The van der Waals surface area contributed by atoms with Crippen LogP contribution in [0.15, 0.2) is 48.5 Å². The monoisotopic (exact) mass is 451 g/mol. The number of ether oxygens (including phenoxy) is 2. The first kappa shape index (κ1) is 23.1. The average molecular weight is 452 g/mol. The Morgan fingerprint density at radius 2 is 1.58 bits per heavy atom. The second-order valence-electron chi connectivity index (χ2n) is 8.74. The normalized spacial score (nSPS) is 18.1. The van der Waals surface area contributed by atoms with E-state index in [1.54, 1.807) is 20.3 Å². The molecule has 1 aliphatic carbocycles. The van der Waals surface area contributed by atoms with Crippen LogP contribution in [0.4, 0.5) is 5.69 Å². The molecule has 1 N–H and O–H groups in total. The van der Waals surface area contributed by atoms with Gasteiger partial charge in [-0.25, -0.2) is 0 Å². The summed E-state index contributed by atoms with van der Waals surface area (Å²) in [5.41, 5.74) is 1.35. The molecule has 0 bridgehead atoms. The molecule has 0 radical (unpaired) electrons. The predicted octanol–water partition coefficient (Wildman–Crippen LogP) is 3.66. The van der Waals surface area contributed by atoms with Crippen molar-refractivity contribution in [3.63, 3.8) is 0 Å². The molecule has 2 aliphatic rings. The van der Waals surface area contributed by atoms with Gasteiger partial charge < -0.3 is 19.7 Å². The molecule has 1 saturated carbocycles. The number of piperazine rings is 1. The van der Waals surface area contributed by atoms with Crippen LogP contribution >= 0.6 is 0 Å². The Balaban J connectivity index is 1.43. The molecule has 1 saturated heterocycles. The van der Waals surface area contributed by atoms with Crippen molar-refractivity contribution in [3.05, 3.63) is 54.1 Å². The Kier molecular flexibility index (Phi) is 7.50. The summed E-state index contributed by atoms with van der Waals surface area (Å²) in [5.74, 6) is 1.72. The van der Waals surface area contributed by atoms with Crippen molar-refractivity contribution in [1.82, 2.24) is 9.80 Å². The van der Waals surface area contributed by atoms with Gasteiger partial charge in [0.1, 0.15) is 11.5 Å². The lowest BCUT2D eigenvalue weighted by atomic mass is 9.94.